The van der Waals surface area contributed by atoms with E-state index in [0.717, 1.165) is 0 Å². The Balaban J connectivity index is 0.0000120. The number of phosphoric ester groups is 1. The van der Waals surface area contributed by atoms with Gasteiger partial charge in [0.2, 0.25) is 35.4 Å². The maximum atomic E-state index is 14.1. The number of aliphatic imine (C=N–C) groups is 3. The molecule has 6 amide bonds. The fourth-order valence-electron chi connectivity index (χ4n) is 13.7. The molecule has 0 saturated carbocycles. The summed E-state index contributed by atoms with van der Waals surface area (Å²) in [5.41, 5.74) is 27.9. The predicted octanol–water partition coefficient (Wildman–Crippen LogP) is 0.166. The molecule has 1 radical (unpaired) electrons. The van der Waals surface area contributed by atoms with Crippen LogP contribution in [0.25, 0.3) is 0 Å². The van der Waals surface area contributed by atoms with E-state index >= 15 is 0 Å². The Bertz CT molecular complexity index is 2800. The van der Waals surface area contributed by atoms with Gasteiger partial charge >= 0.3 is 7.82 Å². The van der Waals surface area contributed by atoms with E-state index in [0.29, 0.717) is 45.4 Å². The number of aliphatic hydroxyl groups is 3. The number of carbonyl (C=O) groups excluding carboxylic acids is 6. The number of phosphoric acid groups is 1. The summed E-state index contributed by atoms with van der Waals surface area (Å²) in [6.45, 7) is 15.1. The third-order valence-electron chi connectivity index (χ3n) is 18.1. The number of hydrogen-bond acceptors (Lipinski definition) is 19. The van der Waals surface area contributed by atoms with E-state index in [9.17, 15) is 58.7 Å². The molecule has 28 heteroatoms. The van der Waals surface area contributed by atoms with Crippen LogP contribution in [0.2, 0.25) is 0 Å². The number of carbonyl (C=O) groups is 6. The number of nitrogens with one attached hydrogen (secondary N) is 3. The van der Waals surface area contributed by atoms with Gasteiger partial charge in [-0.3, -0.25) is 52.8 Å². The minimum Gasteiger partial charge on any atom is -0.862 e. The molecule has 15 atom stereocenters. The topological polar surface area (TPSA) is 466 Å². The monoisotopic (exact) mass is 1200 g/mol. The fourth-order valence-corrected chi connectivity index (χ4v) is 14.9. The van der Waals surface area contributed by atoms with Crippen molar-refractivity contribution in [3.8, 4) is 0 Å². The Morgan fingerprint density at radius 3 is 2.01 bits per heavy atom. The second-order valence-electron chi connectivity index (χ2n) is 24.0. The zero-order valence-electron chi connectivity index (χ0n) is 47.3. The Hall–Kier alpha value is -5.22. The molecule has 6 aliphatic rings. The number of ether oxygens (including phenoxy) is 1. The first-order valence-electron chi connectivity index (χ1n) is 26.9. The van der Waals surface area contributed by atoms with Gasteiger partial charge in [0.15, 0.2) is 6.29 Å². The molecular weight excluding hydrogens is 1120 g/mol. The van der Waals surface area contributed by atoms with E-state index in [1.807, 2.05) is 47.6 Å². The van der Waals surface area contributed by atoms with Gasteiger partial charge in [0, 0.05) is 141 Å². The van der Waals surface area contributed by atoms with E-state index in [1.165, 1.54) is 6.92 Å². The van der Waals surface area contributed by atoms with Gasteiger partial charge in [0.05, 0.1) is 24.3 Å². The van der Waals surface area contributed by atoms with Crippen LogP contribution in [0.5, 0.6) is 0 Å². The van der Waals surface area contributed by atoms with Crippen LogP contribution in [0.3, 0.4) is 0 Å². The average Bonchev–Trinajstić information content (AvgIpc) is 4.26. The Kier molecular flexibility index (Phi) is 20.5. The van der Waals surface area contributed by atoms with Crippen LogP contribution < -0.4 is 44.4 Å². The summed E-state index contributed by atoms with van der Waals surface area (Å²) in [4.78, 5) is 107. The van der Waals surface area contributed by atoms with Gasteiger partial charge in [-0.1, -0.05) is 34.6 Å². The van der Waals surface area contributed by atoms with Gasteiger partial charge in [0.1, 0.15) is 18.3 Å². The molecule has 0 aromatic heterocycles. The van der Waals surface area contributed by atoms with Crippen molar-refractivity contribution in [2.24, 2.45) is 89.0 Å². The van der Waals surface area contributed by atoms with Crippen LogP contribution in [0.4, 0.5) is 0 Å². The van der Waals surface area contributed by atoms with E-state index in [-0.39, 0.29) is 94.0 Å². The molecule has 453 valence electrons. The first-order chi connectivity index (χ1) is 37.0. The first-order valence-corrected chi connectivity index (χ1v) is 28.4. The number of rotatable bonds is 25. The van der Waals surface area contributed by atoms with E-state index in [2.05, 4.69) is 10.6 Å². The molecule has 0 aromatic carbocycles. The molecule has 0 aliphatic carbocycles. The molecule has 0 spiro atoms. The smallest absolute Gasteiger partial charge is 0.472 e. The Morgan fingerprint density at radius 1 is 0.864 bits per heavy atom. The molecule has 6 aliphatic heterocycles. The molecule has 6 heterocycles. The Labute approximate surface area is 481 Å². The molecule has 26 nitrogen and oxygen atoms in total. The van der Waals surface area contributed by atoms with Crippen LogP contribution in [-0.4, -0.2) is 134 Å². The SMILES string of the molecule is CC1=C2N=C(C=C3NC(=C(C)C4=N[C@@](C)([C@@H]5N=C1[C@](C)(CCC(=O)NC[C@@H](C)OP(=O)(O)O[C@H]1[C@@H](O)[C@@H](O)O[C@@H]1CO)[C@H]5CC(N)=O)[C@@](C)(CC(N)=O)[C@@H]4CCC(N)=O)[C@@](C)(CC(N)=O)[C@@H]3CCC(=N)[O-])C(C)(C)[C@@H]2CCC(N)=O.[Co]. The summed E-state index contributed by atoms with van der Waals surface area (Å²) in [5, 5.41) is 56.5. The second-order valence-corrected chi connectivity index (χ2v) is 25.3. The maximum Gasteiger partial charge on any atom is 0.472 e. The number of nitrogens with two attached hydrogens (primary N) is 5. The number of primary amides is 5. The van der Waals surface area contributed by atoms with Crippen molar-refractivity contribution in [2.75, 3.05) is 13.2 Å². The molecule has 2 fully saturated rings. The van der Waals surface area contributed by atoms with Crippen molar-refractivity contribution in [1.29, 1.82) is 5.41 Å². The van der Waals surface area contributed by atoms with E-state index in [1.54, 1.807) is 13.8 Å². The summed E-state index contributed by atoms with van der Waals surface area (Å²) in [5.74, 6) is -7.57. The van der Waals surface area contributed by atoms with Gasteiger partial charge in [-0.15, -0.1) is 0 Å². The third-order valence-corrected chi connectivity index (χ3v) is 19.2. The Morgan fingerprint density at radius 2 is 1.46 bits per heavy atom. The zero-order valence-corrected chi connectivity index (χ0v) is 49.3. The van der Waals surface area contributed by atoms with Crippen molar-refractivity contribution < 1.29 is 89.2 Å². The standard InChI is InChI=1S/C53H82N11O15P.Co/c1-24(78-80(75,76)79-44-32(23-65)77-48(74)43(44)73)22-60-40(72)16-17-50(6)30(18-37(57)69)47-53(9)52(8,21-39(59)71)29(12-15-36(56)68)42(64-53)26(3)46-51(7,20-38(58)70)27(10-13-34(54)66)31(61-46)19-33-49(4,5)28(11-14-35(55)67)41(62-33)25(2)45(50)63-47;/h19,24,27-30,32,43-44,47-48,61,65,73-74H,10-18,20-23H2,1-9H3,(H2,54,66)(H2,55,67)(H2,56,68)(H2,57,69)(H2,58,70)(H2,59,71)(H,60,72)(H,75,76);/p-1/t24-,27-,28-,29-,30+,32-,43-,44-,47-,48+,50-,51+,52+,53+;/m1./s1. The van der Waals surface area contributed by atoms with Crippen molar-refractivity contribution in [3.05, 3.63) is 34.3 Å². The van der Waals surface area contributed by atoms with Crippen LogP contribution in [0, 0.1) is 50.7 Å². The zero-order chi connectivity index (χ0) is 60.0. The molecule has 6 rings (SSSR count). The van der Waals surface area contributed by atoms with Gasteiger partial charge in [0.25, 0.3) is 0 Å². The van der Waals surface area contributed by atoms with Crippen molar-refractivity contribution in [1.82, 2.24) is 10.6 Å². The van der Waals surface area contributed by atoms with Crippen molar-refractivity contribution in [2.45, 2.75) is 175 Å². The summed E-state index contributed by atoms with van der Waals surface area (Å²) in [6, 6.07) is -1.04. The third kappa shape index (κ3) is 13.3. The van der Waals surface area contributed by atoms with Crippen molar-refractivity contribution >= 4 is 66.3 Å². The number of amides is 6. The second kappa shape index (κ2) is 24.9. The maximum absolute atomic E-state index is 14.1. The van der Waals surface area contributed by atoms with Gasteiger partial charge < -0.3 is 74.8 Å². The molecule has 0 aromatic rings. The quantitative estimate of drug-likeness (QED) is 0.0329. The summed E-state index contributed by atoms with van der Waals surface area (Å²) in [7, 11) is -5.02. The molecule has 81 heavy (non-hydrogen) atoms. The number of nitrogens with zero attached hydrogens (tertiary/aromatic N) is 3. The van der Waals surface area contributed by atoms with Crippen LogP contribution in [0.1, 0.15) is 133 Å². The molecule has 2 saturated heterocycles. The number of fused-ring (bicyclic) bond motifs is 6. The predicted molar refractivity (Wildman–Crippen MR) is 290 cm³/mol. The van der Waals surface area contributed by atoms with Gasteiger partial charge in [-0.05, 0) is 82.9 Å². The average molecular weight is 1200 g/mol. The number of aliphatic hydroxyl groups excluding tert-OH is 3. The number of allylic oxidation sites excluding steroid dienone is 6. The number of hydrogen-bond donors (Lipinski definition) is 12. The first kappa shape index (κ1) is 66.6. The van der Waals surface area contributed by atoms with E-state index < -0.39 is 143 Å². The minimum absolute atomic E-state index is 0. The molecular formula is C53H81CoN11O15P-. The van der Waals surface area contributed by atoms with Gasteiger partial charge in [-0.2, -0.15) is 0 Å². The fraction of sp³-hybridized carbons (Fsp3) is 0.698. The molecule has 17 N–H and O–H groups in total. The van der Waals surface area contributed by atoms with Gasteiger partial charge in [-0.25, -0.2) is 4.57 Å². The summed E-state index contributed by atoms with van der Waals surface area (Å²) < 4.78 is 28.4. The normalized spacial score (nSPS) is 34.1. The van der Waals surface area contributed by atoms with Crippen LogP contribution in [-0.2, 0) is 63.9 Å². The molecule has 8 bridgehead atoms. The van der Waals surface area contributed by atoms with Crippen LogP contribution in [0.15, 0.2) is 49.3 Å². The largest absolute Gasteiger partial charge is 0.862 e. The van der Waals surface area contributed by atoms with Crippen molar-refractivity contribution in [3.63, 3.8) is 0 Å². The minimum atomic E-state index is -5.02. The van der Waals surface area contributed by atoms with Crippen LogP contribution >= 0.6 is 7.82 Å². The molecule has 1 unspecified atom stereocenters. The summed E-state index contributed by atoms with van der Waals surface area (Å²) in [6.07, 6.45) is -7.07. The summed E-state index contributed by atoms with van der Waals surface area (Å²) >= 11 is 0. The van der Waals surface area contributed by atoms with E-state index in [4.69, 9.17) is 62.8 Å².